The first-order valence-electron chi connectivity index (χ1n) is 9.90. The van der Waals surface area contributed by atoms with Gasteiger partial charge in [-0.1, -0.05) is 53.5 Å². The number of amides is 1. The number of hydrogen-bond acceptors (Lipinski definition) is 6. The second-order valence-corrected chi connectivity index (χ2v) is 7.86. The van der Waals surface area contributed by atoms with E-state index in [4.69, 9.17) is 33.2 Å². The molecule has 1 heterocycles. The maximum atomic E-state index is 12.2. The molecular weight excluding hydrogens is 463 g/mol. The number of carbonyl (C=O) groups excluding carboxylic acids is 2. The zero-order valence-corrected chi connectivity index (χ0v) is 19.4. The standard InChI is InChI=1S/C24H20Cl2N4O3/c1-14(29-23-22(19(26)11-13-28-23)30-20(31)10-12-27)15-6-8-16(9-7-15)21-17(24(32)33-2)4-3-5-18(21)25/h3-9,11,13-14H,10H2,1-2H3,(H,28,29)(H,30,31). The van der Waals surface area contributed by atoms with E-state index in [9.17, 15) is 9.59 Å². The summed E-state index contributed by atoms with van der Waals surface area (Å²) in [6.07, 6.45) is 1.23. The van der Waals surface area contributed by atoms with Crippen LogP contribution in [0.4, 0.5) is 11.5 Å². The summed E-state index contributed by atoms with van der Waals surface area (Å²) in [6, 6.07) is 15.7. The molecule has 0 spiro atoms. The number of esters is 1. The van der Waals surface area contributed by atoms with Crippen LogP contribution in [0.3, 0.4) is 0 Å². The first-order valence-corrected chi connectivity index (χ1v) is 10.7. The zero-order valence-electron chi connectivity index (χ0n) is 17.9. The third-order valence-electron chi connectivity index (χ3n) is 4.88. The molecule has 168 valence electrons. The van der Waals surface area contributed by atoms with Crippen LogP contribution in [0.15, 0.2) is 54.7 Å². The van der Waals surface area contributed by atoms with Gasteiger partial charge in [-0.25, -0.2) is 9.78 Å². The molecule has 2 N–H and O–H groups in total. The number of anilines is 2. The lowest BCUT2D eigenvalue weighted by atomic mass is 9.97. The number of carbonyl (C=O) groups is 2. The Balaban J connectivity index is 1.86. The fraction of sp³-hybridized carbons (Fsp3) is 0.167. The van der Waals surface area contributed by atoms with Gasteiger partial charge in [0.25, 0.3) is 0 Å². The van der Waals surface area contributed by atoms with Crippen LogP contribution >= 0.6 is 23.2 Å². The van der Waals surface area contributed by atoms with Gasteiger partial charge >= 0.3 is 5.97 Å². The van der Waals surface area contributed by atoms with Crippen molar-refractivity contribution in [3.05, 3.63) is 75.9 Å². The van der Waals surface area contributed by atoms with E-state index in [2.05, 4.69) is 15.6 Å². The minimum Gasteiger partial charge on any atom is -0.465 e. The van der Waals surface area contributed by atoms with Gasteiger partial charge in [0.2, 0.25) is 5.91 Å². The monoisotopic (exact) mass is 482 g/mol. The lowest BCUT2D eigenvalue weighted by Crippen LogP contribution is -2.15. The smallest absolute Gasteiger partial charge is 0.338 e. The molecule has 1 atom stereocenters. The lowest BCUT2D eigenvalue weighted by Gasteiger charge is -2.19. The van der Waals surface area contributed by atoms with E-state index in [0.29, 0.717) is 32.7 Å². The van der Waals surface area contributed by atoms with E-state index >= 15 is 0 Å². The fourth-order valence-electron chi connectivity index (χ4n) is 3.25. The number of methoxy groups -OCH3 is 1. The maximum absolute atomic E-state index is 12.2. The first-order chi connectivity index (χ1) is 15.8. The number of nitriles is 1. The molecule has 0 aliphatic rings. The largest absolute Gasteiger partial charge is 0.465 e. The van der Waals surface area contributed by atoms with Crippen LogP contribution in [0.5, 0.6) is 0 Å². The van der Waals surface area contributed by atoms with Crippen LogP contribution in [0.2, 0.25) is 10.0 Å². The molecule has 0 saturated heterocycles. The quantitative estimate of drug-likeness (QED) is 0.408. The van der Waals surface area contributed by atoms with E-state index in [1.54, 1.807) is 30.3 Å². The Morgan fingerprint density at radius 3 is 2.52 bits per heavy atom. The van der Waals surface area contributed by atoms with Gasteiger partial charge < -0.3 is 15.4 Å². The van der Waals surface area contributed by atoms with Crippen molar-refractivity contribution in [3.8, 4) is 17.2 Å². The van der Waals surface area contributed by atoms with E-state index in [1.165, 1.54) is 13.3 Å². The van der Waals surface area contributed by atoms with E-state index in [-0.39, 0.29) is 12.5 Å². The Morgan fingerprint density at radius 1 is 1.12 bits per heavy atom. The molecule has 1 unspecified atom stereocenters. The second kappa shape index (κ2) is 10.8. The highest BCUT2D eigenvalue weighted by atomic mass is 35.5. The molecule has 0 aliphatic carbocycles. The van der Waals surface area contributed by atoms with Gasteiger partial charge in [0, 0.05) is 16.8 Å². The molecule has 0 bridgehead atoms. The number of hydrogen-bond donors (Lipinski definition) is 2. The number of benzene rings is 2. The Bertz CT molecular complexity index is 1220. The predicted octanol–water partition coefficient (Wildman–Crippen LogP) is 5.87. The van der Waals surface area contributed by atoms with Crippen molar-refractivity contribution in [3.63, 3.8) is 0 Å². The molecule has 9 heteroatoms. The number of rotatable bonds is 7. The van der Waals surface area contributed by atoms with E-state index in [1.807, 2.05) is 31.2 Å². The normalized spacial score (nSPS) is 11.2. The van der Waals surface area contributed by atoms with Crippen LogP contribution in [0.25, 0.3) is 11.1 Å². The molecule has 3 rings (SSSR count). The second-order valence-electron chi connectivity index (χ2n) is 7.04. The molecule has 0 saturated carbocycles. The molecule has 33 heavy (non-hydrogen) atoms. The van der Waals surface area contributed by atoms with E-state index < -0.39 is 11.9 Å². The van der Waals surface area contributed by atoms with Gasteiger partial charge in [-0.2, -0.15) is 5.26 Å². The van der Waals surface area contributed by atoms with Crippen LogP contribution < -0.4 is 10.6 Å². The summed E-state index contributed by atoms with van der Waals surface area (Å²) in [5, 5.41) is 15.3. The summed E-state index contributed by atoms with van der Waals surface area (Å²) >= 11 is 12.6. The topological polar surface area (TPSA) is 104 Å². The molecule has 0 radical (unpaired) electrons. The average molecular weight is 483 g/mol. The summed E-state index contributed by atoms with van der Waals surface area (Å²) in [4.78, 5) is 28.3. The van der Waals surface area contributed by atoms with E-state index in [0.717, 1.165) is 11.1 Å². The molecule has 1 aromatic heterocycles. The summed E-state index contributed by atoms with van der Waals surface area (Å²) < 4.78 is 4.87. The molecule has 0 fully saturated rings. The summed E-state index contributed by atoms with van der Waals surface area (Å²) in [7, 11) is 1.32. The van der Waals surface area contributed by atoms with Crippen LogP contribution in [0, 0.1) is 11.3 Å². The third-order valence-corrected chi connectivity index (χ3v) is 5.51. The minimum absolute atomic E-state index is 0.206. The van der Waals surface area contributed by atoms with Crippen LogP contribution in [-0.4, -0.2) is 24.0 Å². The molecule has 3 aromatic rings. The van der Waals surface area contributed by atoms with Gasteiger partial charge in [-0.15, -0.1) is 0 Å². The van der Waals surface area contributed by atoms with Crippen molar-refractivity contribution >= 4 is 46.6 Å². The molecular formula is C24H20Cl2N4O3. The third kappa shape index (κ3) is 5.61. The van der Waals surface area contributed by atoms with Crippen LogP contribution in [-0.2, 0) is 9.53 Å². The van der Waals surface area contributed by atoms with Crippen molar-refractivity contribution in [2.45, 2.75) is 19.4 Å². The molecule has 0 aliphatic heterocycles. The van der Waals surface area contributed by atoms with Crippen molar-refractivity contribution < 1.29 is 14.3 Å². The predicted molar refractivity (Wildman–Crippen MR) is 128 cm³/mol. The Hall–Kier alpha value is -3.60. The van der Waals surface area contributed by atoms with Crippen molar-refractivity contribution in [2.75, 3.05) is 17.7 Å². The van der Waals surface area contributed by atoms with Crippen molar-refractivity contribution in [2.24, 2.45) is 0 Å². The number of ether oxygens (including phenoxy) is 1. The number of halogens is 2. The SMILES string of the molecule is COC(=O)c1cccc(Cl)c1-c1ccc(C(C)Nc2nccc(Cl)c2NC(=O)CC#N)cc1. The number of pyridine rings is 1. The first kappa shape index (κ1) is 24.1. The van der Waals surface area contributed by atoms with Gasteiger partial charge in [0.05, 0.1) is 29.8 Å². The number of nitrogens with one attached hydrogen (secondary N) is 2. The summed E-state index contributed by atoms with van der Waals surface area (Å²) in [5.41, 5.74) is 2.97. The van der Waals surface area contributed by atoms with Crippen molar-refractivity contribution in [1.82, 2.24) is 4.98 Å². The van der Waals surface area contributed by atoms with Gasteiger partial charge in [0.1, 0.15) is 12.1 Å². The van der Waals surface area contributed by atoms with Gasteiger partial charge in [-0.3, -0.25) is 4.79 Å². The Morgan fingerprint density at radius 2 is 1.85 bits per heavy atom. The summed E-state index contributed by atoms with van der Waals surface area (Å²) in [6.45, 7) is 1.92. The lowest BCUT2D eigenvalue weighted by molar-refractivity contribution is -0.115. The zero-order chi connectivity index (χ0) is 24.0. The summed E-state index contributed by atoms with van der Waals surface area (Å²) in [5.74, 6) is -0.567. The highest BCUT2D eigenvalue weighted by molar-refractivity contribution is 6.34. The molecule has 2 aromatic carbocycles. The van der Waals surface area contributed by atoms with Gasteiger partial charge in [-0.05, 0) is 36.2 Å². The minimum atomic E-state index is -0.478. The van der Waals surface area contributed by atoms with Crippen LogP contribution in [0.1, 0.15) is 35.3 Å². The number of aromatic nitrogens is 1. The fourth-order valence-corrected chi connectivity index (χ4v) is 3.72. The Kier molecular flexibility index (Phi) is 7.88. The molecule has 1 amide bonds. The van der Waals surface area contributed by atoms with Gasteiger partial charge in [0.15, 0.2) is 5.82 Å². The highest BCUT2D eigenvalue weighted by Gasteiger charge is 2.18. The van der Waals surface area contributed by atoms with Crippen molar-refractivity contribution in [1.29, 1.82) is 5.26 Å². The average Bonchev–Trinajstić information content (AvgIpc) is 2.81. The molecule has 7 nitrogen and oxygen atoms in total. The number of nitrogens with zero attached hydrogens (tertiary/aromatic N) is 2. The highest BCUT2D eigenvalue weighted by Crippen LogP contribution is 2.34. The maximum Gasteiger partial charge on any atom is 0.338 e. The Labute approximate surface area is 201 Å².